The molecule has 0 bridgehead atoms. The number of carbonyl (C=O) groups excluding carboxylic acids is 5. The molecule has 2 heterocycles. The lowest BCUT2D eigenvalue weighted by molar-refractivity contribution is -0.138. The van der Waals surface area contributed by atoms with E-state index in [-0.39, 0.29) is 26.1 Å². The molecule has 4 aliphatic rings. The van der Waals surface area contributed by atoms with Gasteiger partial charge >= 0.3 is 12.2 Å². The summed E-state index contributed by atoms with van der Waals surface area (Å²) >= 11 is 0. The average molecular weight is 664 g/mol. The maximum atomic E-state index is 14.2. The van der Waals surface area contributed by atoms with Crippen LogP contribution in [-0.2, 0) is 47.0 Å². The summed E-state index contributed by atoms with van der Waals surface area (Å²) in [5, 5.41) is 4.48. The largest absolute Gasteiger partial charge is 0.444 e. The van der Waals surface area contributed by atoms with E-state index in [4.69, 9.17) is 9.47 Å². The summed E-state index contributed by atoms with van der Waals surface area (Å²) in [6.45, 7) is 8.11. The van der Waals surface area contributed by atoms with Crippen LogP contribution < -0.4 is 15.4 Å². The van der Waals surface area contributed by atoms with E-state index in [0.717, 1.165) is 0 Å². The lowest BCUT2D eigenvalue weighted by atomic mass is 10.1. The lowest BCUT2D eigenvalue weighted by Crippen LogP contribution is -2.50. The Kier molecular flexibility index (Phi) is 9.03. The summed E-state index contributed by atoms with van der Waals surface area (Å²) in [7, 11) is -3.80. The van der Waals surface area contributed by atoms with Crippen molar-refractivity contribution >= 4 is 39.9 Å². The van der Waals surface area contributed by atoms with Crippen LogP contribution >= 0.6 is 0 Å². The third-order valence-electron chi connectivity index (χ3n) is 8.29. The van der Waals surface area contributed by atoms with Gasteiger partial charge in [0.2, 0.25) is 27.7 Å². The molecule has 1 saturated heterocycles. The molecule has 16 heteroatoms. The molecule has 2 saturated carbocycles. The highest BCUT2D eigenvalue weighted by Gasteiger charge is 2.56. The smallest absolute Gasteiger partial charge is 0.410 e. The first kappa shape index (κ1) is 33.2. The first-order valence-corrected chi connectivity index (χ1v) is 16.6. The van der Waals surface area contributed by atoms with Gasteiger partial charge in [-0.05, 0) is 45.2 Å². The van der Waals surface area contributed by atoms with Gasteiger partial charge in [0, 0.05) is 30.5 Å². The van der Waals surface area contributed by atoms with Crippen molar-refractivity contribution in [3.05, 3.63) is 47.8 Å². The van der Waals surface area contributed by atoms with Crippen LogP contribution in [0.25, 0.3) is 0 Å². The molecule has 5 atom stereocenters. The standard InChI is InChI=1S/C30H38FN5O9S/c1-5-19-24(27(39)34-46(42,43)18-9-10-18)25(19)33-26(38)22-11-17(14-36(22)23(37)12-32-28(40)45-30(2,3)4)44-29(41)35-13-16-7-6-8-21(31)20(16)15-35/h5-8,17-19,22,24-25H,1,9-15H2,2-4H3,(H,32,40)(H,33,38)(H,34,39)/t17-,19+,22+,24-,25-/m1/s1. The maximum absolute atomic E-state index is 14.2. The molecule has 0 aromatic heterocycles. The zero-order valence-electron chi connectivity index (χ0n) is 25.8. The molecule has 0 spiro atoms. The fraction of sp³-hybridized carbons (Fsp3) is 0.567. The molecule has 2 aliphatic carbocycles. The van der Waals surface area contributed by atoms with Crippen molar-refractivity contribution in [3.8, 4) is 0 Å². The topological polar surface area (TPSA) is 181 Å². The molecule has 250 valence electrons. The molecular formula is C30H38FN5O9S. The van der Waals surface area contributed by atoms with Gasteiger partial charge in [-0.15, -0.1) is 6.58 Å². The number of nitrogens with zero attached hydrogens (tertiary/aromatic N) is 2. The molecule has 1 aromatic carbocycles. The minimum atomic E-state index is -3.80. The summed E-state index contributed by atoms with van der Waals surface area (Å²) in [5.41, 5.74) is 0.223. The van der Waals surface area contributed by atoms with Crippen molar-refractivity contribution in [2.45, 2.75) is 82.2 Å². The summed E-state index contributed by atoms with van der Waals surface area (Å²) in [4.78, 5) is 67.3. The fourth-order valence-corrected chi connectivity index (χ4v) is 7.12. The average Bonchev–Trinajstić information content (AvgIpc) is 3.85. The second kappa shape index (κ2) is 12.5. The predicted octanol–water partition coefficient (Wildman–Crippen LogP) is 1.30. The minimum absolute atomic E-state index is 0.00443. The molecule has 5 amide bonds. The number of benzene rings is 1. The Bertz CT molecular complexity index is 1560. The van der Waals surface area contributed by atoms with E-state index in [1.165, 1.54) is 21.9 Å². The van der Waals surface area contributed by atoms with E-state index in [1.807, 2.05) is 0 Å². The summed E-state index contributed by atoms with van der Waals surface area (Å²) in [6.07, 6.45) is -0.207. The van der Waals surface area contributed by atoms with Gasteiger partial charge in [0.25, 0.3) is 0 Å². The van der Waals surface area contributed by atoms with E-state index >= 15 is 0 Å². The number of amides is 5. The third kappa shape index (κ3) is 7.43. The van der Waals surface area contributed by atoms with Crippen molar-refractivity contribution in [3.63, 3.8) is 0 Å². The van der Waals surface area contributed by atoms with Crippen LogP contribution in [0.2, 0.25) is 0 Å². The quantitative estimate of drug-likeness (QED) is 0.328. The zero-order valence-corrected chi connectivity index (χ0v) is 26.6. The Balaban J connectivity index is 1.24. The van der Waals surface area contributed by atoms with Crippen LogP contribution in [0.3, 0.4) is 0 Å². The predicted molar refractivity (Wildman–Crippen MR) is 159 cm³/mol. The Hall–Kier alpha value is -4.21. The van der Waals surface area contributed by atoms with E-state index in [2.05, 4.69) is 21.9 Å². The van der Waals surface area contributed by atoms with E-state index in [9.17, 15) is 36.8 Å². The van der Waals surface area contributed by atoms with Crippen LogP contribution in [0.4, 0.5) is 14.0 Å². The van der Waals surface area contributed by atoms with Gasteiger partial charge in [0.15, 0.2) is 0 Å². The van der Waals surface area contributed by atoms with Crippen molar-refractivity contribution < 1.29 is 46.3 Å². The van der Waals surface area contributed by atoms with Crippen LogP contribution in [0, 0.1) is 17.7 Å². The molecule has 0 radical (unpaired) electrons. The first-order chi connectivity index (χ1) is 21.6. The number of alkyl carbamates (subject to hydrolysis) is 1. The highest BCUT2D eigenvalue weighted by Crippen LogP contribution is 2.41. The molecule has 0 unspecified atom stereocenters. The first-order valence-electron chi connectivity index (χ1n) is 15.0. The molecule has 2 aliphatic heterocycles. The van der Waals surface area contributed by atoms with E-state index < -0.39 is 93.2 Å². The maximum Gasteiger partial charge on any atom is 0.410 e. The summed E-state index contributed by atoms with van der Waals surface area (Å²) < 4.78 is 51.7. The molecule has 46 heavy (non-hydrogen) atoms. The van der Waals surface area contributed by atoms with Crippen LogP contribution in [0.5, 0.6) is 0 Å². The van der Waals surface area contributed by atoms with E-state index in [1.54, 1.807) is 32.9 Å². The van der Waals surface area contributed by atoms with Crippen LogP contribution in [0.15, 0.2) is 30.9 Å². The van der Waals surface area contributed by atoms with Crippen LogP contribution in [-0.4, -0.2) is 90.3 Å². The number of carbonyl (C=O) groups is 5. The monoisotopic (exact) mass is 663 g/mol. The normalized spacial score (nSPS) is 25.3. The van der Waals surface area contributed by atoms with Gasteiger partial charge in [-0.3, -0.25) is 24.0 Å². The van der Waals surface area contributed by atoms with Crippen molar-refractivity contribution in [1.82, 2.24) is 25.2 Å². The lowest BCUT2D eigenvalue weighted by Gasteiger charge is -2.24. The molecule has 3 N–H and O–H groups in total. The number of hydrogen-bond acceptors (Lipinski definition) is 9. The molecule has 5 rings (SSSR count). The highest BCUT2D eigenvalue weighted by molar-refractivity contribution is 7.90. The Labute approximate surface area is 266 Å². The number of sulfonamides is 1. The number of fused-ring (bicyclic) bond motifs is 1. The SMILES string of the molecule is C=C[C@@H]1[C@@H](NC(=O)[C@@H]2C[C@@H](OC(=O)N3Cc4cccc(F)c4C3)CN2C(=O)CNC(=O)OC(C)(C)C)[C@@H]1C(=O)NS(=O)(=O)C1CC1. The Morgan fingerprint density at radius 3 is 2.46 bits per heavy atom. The Morgan fingerprint density at radius 2 is 1.83 bits per heavy atom. The number of ether oxygens (including phenoxy) is 2. The second-order valence-electron chi connectivity index (χ2n) is 13.0. The number of nitrogens with one attached hydrogen (secondary N) is 3. The van der Waals surface area contributed by atoms with Gasteiger partial charge in [0.1, 0.15) is 30.1 Å². The fourth-order valence-electron chi connectivity index (χ4n) is 5.78. The second-order valence-corrected chi connectivity index (χ2v) is 14.9. The van der Waals surface area contributed by atoms with Crippen molar-refractivity contribution in [2.75, 3.05) is 13.1 Å². The minimum Gasteiger partial charge on any atom is -0.444 e. The van der Waals surface area contributed by atoms with Crippen LogP contribution in [0.1, 0.15) is 51.2 Å². The van der Waals surface area contributed by atoms with Gasteiger partial charge in [0.05, 0.1) is 24.3 Å². The van der Waals surface area contributed by atoms with Crippen molar-refractivity contribution in [2.24, 2.45) is 11.8 Å². The number of halogens is 1. The number of hydrogen-bond donors (Lipinski definition) is 3. The zero-order chi connectivity index (χ0) is 33.6. The van der Waals surface area contributed by atoms with Gasteiger partial charge in [-0.1, -0.05) is 18.2 Å². The molecule has 1 aromatic rings. The molecule has 3 fully saturated rings. The third-order valence-corrected chi connectivity index (χ3v) is 10.1. The molecule has 14 nitrogen and oxygen atoms in total. The van der Waals surface area contributed by atoms with Crippen molar-refractivity contribution in [1.29, 1.82) is 0 Å². The van der Waals surface area contributed by atoms with Gasteiger partial charge < -0.3 is 25.0 Å². The van der Waals surface area contributed by atoms with E-state index in [0.29, 0.717) is 24.0 Å². The molecular weight excluding hydrogens is 625 g/mol. The van der Waals surface area contributed by atoms with Gasteiger partial charge in [-0.2, -0.15) is 0 Å². The summed E-state index contributed by atoms with van der Waals surface area (Å²) in [6, 6.07) is 2.65. The van der Waals surface area contributed by atoms with Gasteiger partial charge in [-0.25, -0.2) is 22.4 Å². The highest BCUT2D eigenvalue weighted by atomic mass is 32.2. The number of rotatable bonds is 9. The Morgan fingerprint density at radius 1 is 1.11 bits per heavy atom. The number of likely N-dealkylation sites (tertiary alicyclic amines) is 1. The summed E-state index contributed by atoms with van der Waals surface area (Å²) in [5.74, 6) is -3.91.